The summed E-state index contributed by atoms with van der Waals surface area (Å²) in [7, 11) is 1.33. The van der Waals surface area contributed by atoms with Crippen molar-refractivity contribution in [1.29, 1.82) is 0 Å². The summed E-state index contributed by atoms with van der Waals surface area (Å²) in [5.74, 6) is 2.66. The molecule has 1 rings (SSSR count). The lowest BCUT2D eigenvalue weighted by Gasteiger charge is -2.07. The SMILES string of the molecule is C#Cc1cc(C(=O)OC)ccc1OCC. The van der Waals surface area contributed by atoms with Crippen molar-refractivity contribution in [2.24, 2.45) is 0 Å². The molecule has 0 saturated carbocycles. The number of benzene rings is 1. The first-order chi connectivity index (χ1) is 7.22. The minimum atomic E-state index is -0.408. The van der Waals surface area contributed by atoms with E-state index in [2.05, 4.69) is 10.7 Å². The van der Waals surface area contributed by atoms with Gasteiger partial charge in [0.2, 0.25) is 0 Å². The monoisotopic (exact) mass is 204 g/mol. The fourth-order valence-corrected chi connectivity index (χ4v) is 1.17. The van der Waals surface area contributed by atoms with Gasteiger partial charge in [0, 0.05) is 0 Å². The molecule has 0 atom stereocenters. The molecular weight excluding hydrogens is 192 g/mol. The van der Waals surface area contributed by atoms with Crippen molar-refractivity contribution in [3.8, 4) is 18.1 Å². The molecule has 1 aromatic carbocycles. The van der Waals surface area contributed by atoms with Gasteiger partial charge in [-0.05, 0) is 25.1 Å². The van der Waals surface area contributed by atoms with Crippen LogP contribution in [0.4, 0.5) is 0 Å². The molecule has 0 N–H and O–H groups in total. The van der Waals surface area contributed by atoms with Gasteiger partial charge in [-0.15, -0.1) is 6.42 Å². The molecule has 3 nitrogen and oxygen atoms in total. The Morgan fingerprint density at radius 3 is 2.80 bits per heavy atom. The van der Waals surface area contributed by atoms with Gasteiger partial charge in [0.15, 0.2) is 0 Å². The summed E-state index contributed by atoms with van der Waals surface area (Å²) in [5, 5.41) is 0. The van der Waals surface area contributed by atoms with Crippen LogP contribution in [0.5, 0.6) is 5.75 Å². The second kappa shape index (κ2) is 5.06. The lowest BCUT2D eigenvalue weighted by atomic mass is 10.1. The van der Waals surface area contributed by atoms with E-state index in [9.17, 15) is 4.79 Å². The van der Waals surface area contributed by atoms with Crippen molar-refractivity contribution in [2.75, 3.05) is 13.7 Å². The predicted molar refractivity (Wildman–Crippen MR) is 56.9 cm³/mol. The minimum Gasteiger partial charge on any atom is -0.493 e. The zero-order valence-corrected chi connectivity index (χ0v) is 8.74. The zero-order valence-electron chi connectivity index (χ0n) is 8.74. The lowest BCUT2D eigenvalue weighted by Crippen LogP contribution is -2.02. The van der Waals surface area contributed by atoms with E-state index in [4.69, 9.17) is 11.2 Å². The molecule has 3 heteroatoms. The van der Waals surface area contributed by atoms with Crippen LogP contribution in [0.25, 0.3) is 0 Å². The summed E-state index contributed by atoms with van der Waals surface area (Å²) < 4.78 is 9.89. The molecule has 0 bridgehead atoms. The summed E-state index contributed by atoms with van der Waals surface area (Å²) in [6.45, 7) is 2.40. The van der Waals surface area contributed by atoms with Gasteiger partial charge in [-0.2, -0.15) is 0 Å². The summed E-state index contributed by atoms with van der Waals surface area (Å²) in [6.07, 6.45) is 5.31. The fraction of sp³-hybridized carbons (Fsp3) is 0.250. The van der Waals surface area contributed by atoms with Crippen LogP contribution in [0, 0.1) is 12.3 Å². The highest BCUT2D eigenvalue weighted by Gasteiger charge is 2.08. The Morgan fingerprint density at radius 2 is 2.27 bits per heavy atom. The van der Waals surface area contributed by atoms with E-state index in [-0.39, 0.29) is 0 Å². The molecular formula is C12H12O3. The number of rotatable bonds is 3. The Hall–Kier alpha value is -1.95. The summed E-state index contributed by atoms with van der Waals surface area (Å²) in [6, 6.07) is 4.87. The average Bonchev–Trinajstić information content (AvgIpc) is 2.29. The third-order valence-corrected chi connectivity index (χ3v) is 1.86. The Morgan fingerprint density at radius 1 is 1.53 bits per heavy atom. The third kappa shape index (κ3) is 2.50. The number of hydrogen-bond acceptors (Lipinski definition) is 3. The standard InChI is InChI=1S/C12H12O3/c1-4-9-8-10(12(13)14-3)6-7-11(9)15-5-2/h1,6-8H,5H2,2-3H3. The maximum atomic E-state index is 11.2. The summed E-state index contributed by atoms with van der Waals surface area (Å²) >= 11 is 0. The van der Waals surface area contributed by atoms with Crippen LogP contribution in [0.15, 0.2) is 18.2 Å². The Bertz CT molecular complexity index is 402. The molecule has 0 amide bonds. The van der Waals surface area contributed by atoms with Crippen LogP contribution in [-0.4, -0.2) is 19.7 Å². The quantitative estimate of drug-likeness (QED) is 0.556. The normalized spacial score (nSPS) is 9.13. The second-order valence-corrected chi connectivity index (χ2v) is 2.78. The van der Waals surface area contributed by atoms with Crippen molar-refractivity contribution < 1.29 is 14.3 Å². The van der Waals surface area contributed by atoms with Gasteiger partial charge in [-0.3, -0.25) is 0 Å². The number of carbonyl (C=O) groups excluding carboxylic acids is 1. The lowest BCUT2D eigenvalue weighted by molar-refractivity contribution is 0.0600. The molecule has 0 fully saturated rings. The van der Waals surface area contributed by atoms with Crippen molar-refractivity contribution in [2.45, 2.75) is 6.92 Å². The van der Waals surface area contributed by atoms with Gasteiger partial charge in [0.25, 0.3) is 0 Å². The van der Waals surface area contributed by atoms with E-state index >= 15 is 0 Å². The van der Waals surface area contributed by atoms with E-state index in [0.29, 0.717) is 23.5 Å². The first-order valence-corrected chi connectivity index (χ1v) is 4.54. The van der Waals surface area contributed by atoms with E-state index in [1.54, 1.807) is 18.2 Å². The van der Waals surface area contributed by atoms with Crippen molar-refractivity contribution >= 4 is 5.97 Å². The first-order valence-electron chi connectivity index (χ1n) is 4.54. The molecule has 0 aromatic heterocycles. The summed E-state index contributed by atoms with van der Waals surface area (Å²) in [4.78, 5) is 11.2. The highest BCUT2D eigenvalue weighted by Crippen LogP contribution is 2.19. The Labute approximate surface area is 89.0 Å². The maximum Gasteiger partial charge on any atom is 0.337 e. The molecule has 1 aromatic rings. The first kappa shape index (κ1) is 11.1. The van der Waals surface area contributed by atoms with Gasteiger partial charge in [0.05, 0.1) is 24.8 Å². The molecule has 0 aliphatic carbocycles. The van der Waals surface area contributed by atoms with Crippen LogP contribution in [-0.2, 0) is 4.74 Å². The second-order valence-electron chi connectivity index (χ2n) is 2.78. The number of methoxy groups -OCH3 is 1. The van der Waals surface area contributed by atoms with Gasteiger partial charge >= 0.3 is 5.97 Å². The van der Waals surface area contributed by atoms with E-state index in [0.717, 1.165) is 0 Å². The van der Waals surface area contributed by atoms with Crippen molar-refractivity contribution in [3.63, 3.8) is 0 Å². The molecule has 15 heavy (non-hydrogen) atoms. The van der Waals surface area contributed by atoms with Gasteiger partial charge in [-0.25, -0.2) is 4.79 Å². The Balaban J connectivity index is 3.09. The van der Waals surface area contributed by atoms with E-state index < -0.39 is 5.97 Å². The summed E-state index contributed by atoms with van der Waals surface area (Å²) in [5.41, 5.74) is 0.980. The zero-order chi connectivity index (χ0) is 11.3. The largest absolute Gasteiger partial charge is 0.493 e. The van der Waals surface area contributed by atoms with Crippen LogP contribution in [0.3, 0.4) is 0 Å². The van der Waals surface area contributed by atoms with Gasteiger partial charge in [0.1, 0.15) is 5.75 Å². The molecule has 0 aliphatic heterocycles. The van der Waals surface area contributed by atoms with Gasteiger partial charge in [-0.1, -0.05) is 5.92 Å². The molecule has 0 unspecified atom stereocenters. The van der Waals surface area contributed by atoms with Crippen LogP contribution < -0.4 is 4.74 Å². The van der Waals surface area contributed by atoms with Crippen LogP contribution in [0.1, 0.15) is 22.8 Å². The average molecular weight is 204 g/mol. The van der Waals surface area contributed by atoms with E-state index in [1.807, 2.05) is 6.92 Å². The number of esters is 1. The Kier molecular flexibility index (Phi) is 3.75. The minimum absolute atomic E-state index is 0.408. The molecule has 0 saturated heterocycles. The smallest absolute Gasteiger partial charge is 0.337 e. The van der Waals surface area contributed by atoms with Crippen molar-refractivity contribution in [1.82, 2.24) is 0 Å². The van der Waals surface area contributed by atoms with E-state index in [1.165, 1.54) is 7.11 Å². The number of hydrogen-bond donors (Lipinski definition) is 0. The van der Waals surface area contributed by atoms with Crippen LogP contribution >= 0.6 is 0 Å². The number of terminal acetylenes is 1. The molecule has 0 heterocycles. The maximum absolute atomic E-state index is 11.2. The molecule has 0 radical (unpaired) electrons. The predicted octanol–water partition coefficient (Wildman–Crippen LogP) is 1.85. The molecule has 0 spiro atoms. The molecule has 0 aliphatic rings. The number of carbonyl (C=O) groups is 1. The van der Waals surface area contributed by atoms with Gasteiger partial charge < -0.3 is 9.47 Å². The fourth-order valence-electron chi connectivity index (χ4n) is 1.17. The highest BCUT2D eigenvalue weighted by atomic mass is 16.5. The topological polar surface area (TPSA) is 35.5 Å². The number of ether oxygens (including phenoxy) is 2. The molecule has 78 valence electrons. The van der Waals surface area contributed by atoms with Crippen molar-refractivity contribution in [3.05, 3.63) is 29.3 Å². The van der Waals surface area contributed by atoms with Crippen LogP contribution in [0.2, 0.25) is 0 Å². The third-order valence-electron chi connectivity index (χ3n) is 1.86. The highest BCUT2D eigenvalue weighted by molar-refractivity contribution is 5.90.